The van der Waals surface area contributed by atoms with Crippen LogP contribution < -0.4 is 0 Å². The molecule has 4 nitrogen and oxygen atoms in total. The van der Waals surface area contributed by atoms with Crippen LogP contribution in [0.25, 0.3) is 0 Å². The van der Waals surface area contributed by atoms with Crippen LogP contribution in [0.15, 0.2) is 18.2 Å². The number of carboxylic acid groups (broad SMARTS) is 1. The van der Waals surface area contributed by atoms with Crippen LogP contribution in [0.4, 0.5) is 0 Å². The summed E-state index contributed by atoms with van der Waals surface area (Å²) in [4.78, 5) is 12.7. The number of hydrogen-bond donors (Lipinski definition) is 3. The molecule has 0 heterocycles. The first kappa shape index (κ1) is 22.3. The summed E-state index contributed by atoms with van der Waals surface area (Å²) in [5, 5.41) is 32.7. The molecule has 4 aliphatic rings. The van der Waals surface area contributed by atoms with Gasteiger partial charge in [-0.2, -0.15) is 0 Å². The van der Waals surface area contributed by atoms with Crippen molar-refractivity contribution in [3.05, 3.63) is 29.3 Å². The molecule has 1 aromatic rings. The summed E-state index contributed by atoms with van der Waals surface area (Å²) in [7, 11) is 0. The average molecular weight is 441 g/mol. The standard InChI is InChI=1S/C28H40O4/c1-27-15-13-22-21-12-10-20(29)17-19(21)9-11-23(22)24(27)14-16-28(27,32)25(26(30)31)18-7-5-3-2-4-6-8-18/h10,12,17-18,22-25,29,32H,2-9,11,13-16H2,1H3,(H,30,31)/t22-,23-,24+,25?,27+,28-/m1/s1. The minimum Gasteiger partial charge on any atom is -0.508 e. The summed E-state index contributed by atoms with van der Waals surface area (Å²) < 4.78 is 0. The summed E-state index contributed by atoms with van der Waals surface area (Å²) in [5.74, 6) is 0.397. The third-order valence-electron chi connectivity index (χ3n) is 10.3. The van der Waals surface area contributed by atoms with E-state index in [-0.39, 0.29) is 11.3 Å². The molecule has 0 radical (unpaired) electrons. The van der Waals surface area contributed by atoms with Crippen molar-refractivity contribution in [2.75, 3.05) is 0 Å². The first-order chi connectivity index (χ1) is 15.3. The SMILES string of the molecule is C[C@]12CC[C@@H]3c4ccc(O)cc4CC[C@H]3[C@@H]1CC[C@@]2(O)C(C(=O)O)C1CCCCCCC1. The molecule has 1 aromatic carbocycles. The number of benzene rings is 1. The predicted molar refractivity (Wildman–Crippen MR) is 125 cm³/mol. The summed E-state index contributed by atoms with van der Waals surface area (Å²) in [6.45, 7) is 2.23. The molecule has 32 heavy (non-hydrogen) atoms. The minimum atomic E-state index is -1.10. The first-order valence-electron chi connectivity index (χ1n) is 13.1. The van der Waals surface area contributed by atoms with E-state index >= 15 is 0 Å². The quantitative estimate of drug-likeness (QED) is 0.535. The van der Waals surface area contributed by atoms with Gasteiger partial charge in [-0.1, -0.05) is 45.1 Å². The Morgan fingerprint density at radius 3 is 2.44 bits per heavy atom. The summed E-state index contributed by atoms with van der Waals surface area (Å²) in [6, 6.07) is 5.86. The van der Waals surface area contributed by atoms with E-state index in [2.05, 4.69) is 13.0 Å². The number of carbonyl (C=O) groups is 1. The number of rotatable bonds is 3. The molecule has 0 aliphatic heterocycles. The Kier molecular flexibility index (Phi) is 5.80. The molecule has 0 saturated heterocycles. The van der Waals surface area contributed by atoms with Crippen molar-refractivity contribution in [2.24, 2.45) is 29.1 Å². The van der Waals surface area contributed by atoms with Gasteiger partial charge in [0.15, 0.2) is 0 Å². The Morgan fingerprint density at radius 1 is 1.00 bits per heavy atom. The van der Waals surface area contributed by atoms with Crippen LogP contribution in [0.3, 0.4) is 0 Å². The number of aromatic hydroxyl groups is 1. The fourth-order valence-electron chi connectivity index (χ4n) is 8.75. The maximum Gasteiger partial charge on any atom is 0.309 e. The summed E-state index contributed by atoms with van der Waals surface area (Å²) in [6.07, 6.45) is 13.3. The second-order valence-electron chi connectivity index (χ2n) is 11.6. The van der Waals surface area contributed by atoms with Crippen molar-refractivity contribution in [2.45, 2.75) is 102 Å². The summed E-state index contributed by atoms with van der Waals surface area (Å²) in [5.41, 5.74) is 1.23. The van der Waals surface area contributed by atoms with Crippen LogP contribution >= 0.6 is 0 Å². The molecule has 0 amide bonds. The van der Waals surface area contributed by atoms with Crippen LogP contribution in [-0.4, -0.2) is 26.9 Å². The van der Waals surface area contributed by atoms with Gasteiger partial charge in [0.1, 0.15) is 5.75 Å². The van der Waals surface area contributed by atoms with Gasteiger partial charge in [-0.25, -0.2) is 0 Å². The number of carboxylic acids is 1. The number of aryl methyl sites for hydroxylation is 1. The van der Waals surface area contributed by atoms with Crippen molar-refractivity contribution in [3.8, 4) is 5.75 Å². The second kappa shape index (κ2) is 8.34. The molecule has 176 valence electrons. The van der Waals surface area contributed by atoms with Gasteiger partial charge in [0, 0.05) is 5.41 Å². The Balaban J connectivity index is 1.45. The molecule has 3 fully saturated rings. The maximum absolute atomic E-state index is 12.7. The van der Waals surface area contributed by atoms with Crippen molar-refractivity contribution < 1.29 is 20.1 Å². The molecule has 3 N–H and O–H groups in total. The first-order valence-corrected chi connectivity index (χ1v) is 13.1. The fraction of sp³-hybridized carbons (Fsp3) is 0.750. The van der Waals surface area contributed by atoms with Crippen LogP contribution in [0, 0.1) is 29.1 Å². The number of phenols is 1. The monoisotopic (exact) mass is 440 g/mol. The van der Waals surface area contributed by atoms with Gasteiger partial charge in [0.25, 0.3) is 0 Å². The van der Waals surface area contributed by atoms with E-state index in [9.17, 15) is 20.1 Å². The van der Waals surface area contributed by atoms with Gasteiger partial charge >= 0.3 is 5.97 Å². The van der Waals surface area contributed by atoms with E-state index in [1.165, 1.54) is 30.4 Å². The van der Waals surface area contributed by atoms with E-state index in [4.69, 9.17) is 0 Å². The van der Waals surface area contributed by atoms with E-state index in [1.807, 2.05) is 12.1 Å². The largest absolute Gasteiger partial charge is 0.508 e. The van der Waals surface area contributed by atoms with Gasteiger partial charge in [-0.3, -0.25) is 4.79 Å². The van der Waals surface area contributed by atoms with Crippen molar-refractivity contribution >= 4 is 5.97 Å². The number of aliphatic hydroxyl groups is 1. The molecule has 6 atom stereocenters. The Morgan fingerprint density at radius 2 is 1.72 bits per heavy atom. The van der Waals surface area contributed by atoms with E-state index < -0.39 is 17.5 Å². The molecule has 1 unspecified atom stereocenters. The molecule has 0 bridgehead atoms. The van der Waals surface area contributed by atoms with Gasteiger partial charge in [-0.05, 0) is 98.3 Å². The third-order valence-corrected chi connectivity index (χ3v) is 10.3. The van der Waals surface area contributed by atoms with Gasteiger partial charge < -0.3 is 15.3 Å². The Bertz CT molecular complexity index is 857. The molecule has 4 heteroatoms. The van der Waals surface area contributed by atoms with Gasteiger partial charge in [-0.15, -0.1) is 0 Å². The van der Waals surface area contributed by atoms with Crippen molar-refractivity contribution in [3.63, 3.8) is 0 Å². The third kappa shape index (κ3) is 3.40. The lowest BCUT2D eigenvalue weighted by molar-refractivity contribution is -0.181. The van der Waals surface area contributed by atoms with Gasteiger partial charge in [0.05, 0.1) is 11.5 Å². The molecule has 4 aliphatic carbocycles. The molecule has 3 saturated carbocycles. The Labute approximate surface area is 192 Å². The molecule has 0 spiro atoms. The van der Waals surface area contributed by atoms with Crippen molar-refractivity contribution in [1.82, 2.24) is 0 Å². The molecular formula is C28H40O4. The number of aliphatic carboxylic acids is 1. The second-order valence-corrected chi connectivity index (χ2v) is 11.6. The summed E-state index contributed by atoms with van der Waals surface area (Å²) >= 11 is 0. The van der Waals surface area contributed by atoms with E-state index in [1.54, 1.807) is 0 Å². The average Bonchev–Trinajstić information content (AvgIpc) is 3.00. The highest BCUT2D eigenvalue weighted by Gasteiger charge is 2.66. The Hall–Kier alpha value is -1.55. The zero-order valence-electron chi connectivity index (χ0n) is 19.6. The highest BCUT2D eigenvalue weighted by Crippen LogP contribution is 2.66. The molecular weight excluding hydrogens is 400 g/mol. The van der Waals surface area contributed by atoms with Gasteiger partial charge in [0.2, 0.25) is 0 Å². The number of phenolic OH excluding ortho intramolecular Hbond substituents is 1. The van der Waals surface area contributed by atoms with Crippen LogP contribution in [0.1, 0.15) is 101 Å². The minimum absolute atomic E-state index is 0.0983. The number of hydrogen-bond acceptors (Lipinski definition) is 3. The molecule has 5 rings (SSSR count). The zero-order chi connectivity index (χ0) is 22.5. The normalized spacial score (nSPS) is 38.6. The van der Waals surface area contributed by atoms with E-state index in [0.717, 1.165) is 57.8 Å². The van der Waals surface area contributed by atoms with Crippen LogP contribution in [0.2, 0.25) is 0 Å². The lowest BCUT2D eigenvalue weighted by atomic mass is 9.51. The fourth-order valence-corrected chi connectivity index (χ4v) is 8.75. The van der Waals surface area contributed by atoms with E-state index in [0.29, 0.717) is 29.9 Å². The van der Waals surface area contributed by atoms with Crippen molar-refractivity contribution in [1.29, 1.82) is 0 Å². The lowest BCUT2D eigenvalue weighted by Gasteiger charge is -2.55. The highest BCUT2D eigenvalue weighted by atomic mass is 16.4. The molecule has 0 aromatic heterocycles. The van der Waals surface area contributed by atoms with Crippen LogP contribution in [-0.2, 0) is 11.2 Å². The highest BCUT2D eigenvalue weighted by molar-refractivity contribution is 5.72. The predicted octanol–water partition coefficient (Wildman–Crippen LogP) is 6.04. The number of fused-ring (bicyclic) bond motifs is 5. The lowest BCUT2D eigenvalue weighted by Crippen LogP contribution is -2.58. The zero-order valence-corrected chi connectivity index (χ0v) is 19.6. The topological polar surface area (TPSA) is 77.8 Å². The maximum atomic E-state index is 12.7. The smallest absolute Gasteiger partial charge is 0.309 e. The van der Waals surface area contributed by atoms with Crippen LogP contribution in [0.5, 0.6) is 5.75 Å².